The van der Waals surface area contributed by atoms with Crippen molar-refractivity contribution in [1.82, 2.24) is 10.6 Å². The first-order valence-electron chi connectivity index (χ1n) is 9.30. The van der Waals surface area contributed by atoms with Crippen LogP contribution in [0.5, 0.6) is 0 Å². The lowest BCUT2D eigenvalue weighted by Gasteiger charge is -2.26. The van der Waals surface area contributed by atoms with Crippen LogP contribution in [0.1, 0.15) is 24.2 Å². The largest absolute Gasteiger partial charge is 0.463 e. The molecule has 0 spiro atoms. The molecule has 0 saturated carbocycles. The van der Waals surface area contributed by atoms with Gasteiger partial charge in [-0.3, -0.25) is 0 Å². The summed E-state index contributed by atoms with van der Waals surface area (Å²) in [7, 11) is 0. The third-order valence-electron chi connectivity index (χ3n) is 4.44. The summed E-state index contributed by atoms with van der Waals surface area (Å²) in [6, 6.07) is 15.8. The second kappa shape index (κ2) is 9.05. The molecule has 0 bridgehead atoms. The maximum Gasteiger partial charge on any atom is 0.338 e. The summed E-state index contributed by atoms with van der Waals surface area (Å²) in [5, 5.41) is 5.12. The van der Waals surface area contributed by atoms with Gasteiger partial charge in [0.1, 0.15) is 6.61 Å². The van der Waals surface area contributed by atoms with Crippen LogP contribution in [0, 0.1) is 0 Å². The Labute approximate surface area is 168 Å². The Morgan fingerprint density at radius 3 is 2.24 bits per heavy atom. The van der Waals surface area contributed by atoms with Crippen LogP contribution in [-0.2, 0) is 14.3 Å². The molecular weight excluding hydrogens is 372 g/mol. The fourth-order valence-corrected chi connectivity index (χ4v) is 3.04. The Bertz CT molecular complexity index is 935. The van der Waals surface area contributed by atoms with Crippen LogP contribution in [0.15, 0.2) is 65.9 Å². The van der Waals surface area contributed by atoms with E-state index in [4.69, 9.17) is 9.47 Å². The number of carbonyl (C=O) groups excluding carboxylic acids is 3. The van der Waals surface area contributed by atoms with Gasteiger partial charge in [0.2, 0.25) is 0 Å². The molecule has 7 nitrogen and oxygen atoms in total. The standard InChI is InChI=1S/C22H22N2O5/c1-3-28-21(26)19-14(2)23-22(27)24-18(19)13-29-20(25)17-11-9-16(10-12-17)15-7-5-4-6-8-15/h4-12,14H,3,13H2,1-2H3,(H2,23,24,27). The molecule has 0 saturated heterocycles. The zero-order valence-corrected chi connectivity index (χ0v) is 16.2. The van der Waals surface area contributed by atoms with Crippen LogP contribution < -0.4 is 10.6 Å². The number of ether oxygens (including phenoxy) is 2. The van der Waals surface area contributed by atoms with Crippen molar-refractivity contribution in [2.75, 3.05) is 13.2 Å². The summed E-state index contributed by atoms with van der Waals surface area (Å²) in [4.78, 5) is 36.4. The van der Waals surface area contributed by atoms with Gasteiger partial charge in [-0.2, -0.15) is 0 Å². The zero-order chi connectivity index (χ0) is 20.8. The molecule has 29 heavy (non-hydrogen) atoms. The molecule has 2 amide bonds. The monoisotopic (exact) mass is 394 g/mol. The van der Waals surface area contributed by atoms with Crippen LogP contribution in [-0.4, -0.2) is 37.2 Å². The maximum atomic E-state index is 12.4. The first-order chi connectivity index (χ1) is 14.0. The lowest BCUT2D eigenvalue weighted by atomic mass is 10.0. The molecule has 150 valence electrons. The number of urea groups is 1. The number of rotatable bonds is 6. The van der Waals surface area contributed by atoms with Gasteiger partial charge < -0.3 is 20.1 Å². The van der Waals surface area contributed by atoms with E-state index < -0.39 is 24.0 Å². The summed E-state index contributed by atoms with van der Waals surface area (Å²) in [5.74, 6) is -1.12. The number of hydrogen-bond acceptors (Lipinski definition) is 5. The van der Waals surface area contributed by atoms with Crippen molar-refractivity contribution in [3.8, 4) is 11.1 Å². The molecule has 1 unspecified atom stereocenters. The van der Waals surface area contributed by atoms with Crippen molar-refractivity contribution in [3.05, 3.63) is 71.4 Å². The van der Waals surface area contributed by atoms with Gasteiger partial charge in [-0.1, -0.05) is 42.5 Å². The van der Waals surface area contributed by atoms with Crippen LogP contribution in [0.2, 0.25) is 0 Å². The van der Waals surface area contributed by atoms with Crippen molar-refractivity contribution in [1.29, 1.82) is 0 Å². The number of hydrogen-bond donors (Lipinski definition) is 2. The maximum absolute atomic E-state index is 12.4. The molecule has 1 atom stereocenters. The van der Waals surface area contributed by atoms with Crippen LogP contribution in [0.4, 0.5) is 4.79 Å². The van der Waals surface area contributed by atoms with Crippen molar-refractivity contribution in [3.63, 3.8) is 0 Å². The predicted molar refractivity (Wildman–Crippen MR) is 107 cm³/mol. The van der Waals surface area contributed by atoms with Crippen molar-refractivity contribution in [2.45, 2.75) is 19.9 Å². The minimum absolute atomic E-state index is 0.198. The minimum Gasteiger partial charge on any atom is -0.463 e. The number of benzene rings is 2. The van der Waals surface area contributed by atoms with E-state index in [1.807, 2.05) is 42.5 Å². The first-order valence-corrected chi connectivity index (χ1v) is 9.30. The topological polar surface area (TPSA) is 93.7 Å². The molecule has 0 fully saturated rings. The Balaban J connectivity index is 1.72. The molecule has 0 aromatic heterocycles. The van der Waals surface area contributed by atoms with Gasteiger partial charge >= 0.3 is 18.0 Å². The molecule has 0 aliphatic carbocycles. The van der Waals surface area contributed by atoms with E-state index in [0.29, 0.717) is 5.56 Å². The lowest BCUT2D eigenvalue weighted by molar-refractivity contribution is -0.139. The van der Waals surface area contributed by atoms with Crippen molar-refractivity contribution < 1.29 is 23.9 Å². The van der Waals surface area contributed by atoms with E-state index >= 15 is 0 Å². The molecule has 2 aromatic rings. The van der Waals surface area contributed by atoms with Gasteiger partial charge in [0.05, 0.1) is 29.5 Å². The number of esters is 2. The zero-order valence-electron chi connectivity index (χ0n) is 16.2. The quantitative estimate of drug-likeness (QED) is 0.735. The highest BCUT2D eigenvalue weighted by atomic mass is 16.5. The second-order valence-corrected chi connectivity index (χ2v) is 6.45. The van der Waals surface area contributed by atoms with Crippen molar-refractivity contribution >= 4 is 18.0 Å². The highest BCUT2D eigenvalue weighted by Gasteiger charge is 2.30. The Hall–Kier alpha value is -3.61. The Morgan fingerprint density at radius 2 is 1.59 bits per heavy atom. The van der Waals surface area contributed by atoms with Crippen LogP contribution in [0.3, 0.4) is 0 Å². The molecule has 0 radical (unpaired) electrons. The van der Waals surface area contributed by atoms with Crippen LogP contribution >= 0.6 is 0 Å². The SMILES string of the molecule is CCOC(=O)C1=C(COC(=O)c2ccc(-c3ccccc3)cc2)NC(=O)NC1C. The summed E-state index contributed by atoms with van der Waals surface area (Å²) in [6.45, 7) is 3.31. The molecule has 3 rings (SSSR count). The Morgan fingerprint density at radius 1 is 0.931 bits per heavy atom. The average molecular weight is 394 g/mol. The molecule has 2 aromatic carbocycles. The van der Waals surface area contributed by atoms with E-state index in [1.165, 1.54) is 0 Å². The van der Waals surface area contributed by atoms with E-state index in [2.05, 4.69) is 10.6 Å². The first kappa shape index (κ1) is 20.1. The highest BCUT2D eigenvalue weighted by Crippen LogP contribution is 2.20. The third kappa shape index (κ3) is 4.82. The fourth-order valence-electron chi connectivity index (χ4n) is 3.04. The summed E-state index contributed by atoms with van der Waals surface area (Å²) >= 11 is 0. The van der Waals surface area contributed by atoms with Gasteiger partial charge in [-0.25, -0.2) is 14.4 Å². The van der Waals surface area contributed by atoms with Gasteiger partial charge in [-0.15, -0.1) is 0 Å². The number of nitrogens with one attached hydrogen (secondary N) is 2. The molecule has 2 N–H and O–H groups in total. The summed E-state index contributed by atoms with van der Waals surface area (Å²) in [6.07, 6.45) is 0. The molecule has 1 aliphatic heterocycles. The van der Waals surface area contributed by atoms with E-state index in [-0.39, 0.29) is 24.5 Å². The summed E-state index contributed by atoms with van der Waals surface area (Å²) in [5.41, 5.74) is 2.85. The van der Waals surface area contributed by atoms with Gasteiger partial charge in [0.25, 0.3) is 0 Å². The molecule has 1 heterocycles. The lowest BCUT2D eigenvalue weighted by Crippen LogP contribution is -2.50. The smallest absolute Gasteiger partial charge is 0.338 e. The van der Waals surface area contributed by atoms with Crippen molar-refractivity contribution in [2.24, 2.45) is 0 Å². The second-order valence-electron chi connectivity index (χ2n) is 6.45. The third-order valence-corrected chi connectivity index (χ3v) is 4.44. The highest BCUT2D eigenvalue weighted by molar-refractivity contribution is 5.95. The average Bonchev–Trinajstić information content (AvgIpc) is 2.72. The molecule has 1 aliphatic rings. The summed E-state index contributed by atoms with van der Waals surface area (Å²) < 4.78 is 10.4. The number of amides is 2. The van der Waals surface area contributed by atoms with Gasteiger partial charge in [0, 0.05) is 0 Å². The predicted octanol–water partition coefficient (Wildman–Crippen LogP) is 3.03. The van der Waals surface area contributed by atoms with E-state index in [9.17, 15) is 14.4 Å². The molecule has 7 heteroatoms. The number of carbonyl (C=O) groups is 3. The van der Waals surface area contributed by atoms with Crippen LogP contribution in [0.25, 0.3) is 11.1 Å². The Kier molecular flexibility index (Phi) is 6.29. The van der Waals surface area contributed by atoms with Gasteiger partial charge in [-0.05, 0) is 37.1 Å². The van der Waals surface area contributed by atoms with E-state index in [1.54, 1.807) is 26.0 Å². The molecular formula is C22H22N2O5. The minimum atomic E-state index is -0.564. The fraction of sp³-hybridized carbons (Fsp3) is 0.227. The van der Waals surface area contributed by atoms with Gasteiger partial charge in [0.15, 0.2) is 0 Å². The van der Waals surface area contributed by atoms with E-state index in [0.717, 1.165) is 11.1 Å². The normalized spacial score (nSPS) is 15.9.